The molecule has 0 bridgehead atoms. The third kappa shape index (κ3) is 3.67. The van der Waals surface area contributed by atoms with Crippen molar-refractivity contribution in [2.45, 2.75) is 26.4 Å². The molecule has 0 amide bonds. The first-order valence-electron chi connectivity index (χ1n) is 4.32. The molecular formula is C11H18ClP. The van der Waals surface area contributed by atoms with Crippen molar-refractivity contribution in [2.75, 3.05) is 0 Å². The summed E-state index contributed by atoms with van der Waals surface area (Å²) < 4.78 is 0. The lowest BCUT2D eigenvalue weighted by Crippen LogP contribution is -2.12. The van der Waals surface area contributed by atoms with Crippen molar-refractivity contribution in [1.82, 2.24) is 0 Å². The first-order valence-corrected chi connectivity index (χ1v) is 4.99. The van der Waals surface area contributed by atoms with Gasteiger partial charge in [-0.15, -0.1) is 21.6 Å². The van der Waals surface area contributed by atoms with E-state index >= 15 is 0 Å². The maximum Gasteiger partial charge on any atom is 0.00338 e. The van der Waals surface area contributed by atoms with Crippen molar-refractivity contribution < 1.29 is 0 Å². The lowest BCUT2D eigenvalue weighted by atomic mass is 9.87. The van der Waals surface area contributed by atoms with E-state index in [-0.39, 0.29) is 12.4 Å². The average Bonchev–Trinajstić information content (AvgIpc) is 2.03. The number of hydrogen-bond acceptors (Lipinski definition) is 0. The standard InChI is InChI=1S/C11H17P.ClH/c1-11(2,3)10(12)9-7-5-4-6-8-9;/h4-8,10H,12H2,1-3H3;1H. The van der Waals surface area contributed by atoms with Crippen LogP contribution in [0.3, 0.4) is 0 Å². The quantitative estimate of drug-likeness (QED) is 0.621. The van der Waals surface area contributed by atoms with Crippen LogP contribution in [0.2, 0.25) is 0 Å². The Hall–Kier alpha value is -0.0600. The molecule has 2 heteroatoms. The molecule has 0 saturated heterocycles. The fourth-order valence-corrected chi connectivity index (χ4v) is 1.38. The minimum absolute atomic E-state index is 0. The Bertz CT molecular complexity index is 238. The van der Waals surface area contributed by atoms with Crippen LogP contribution in [-0.4, -0.2) is 0 Å². The summed E-state index contributed by atoms with van der Waals surface area (Å²) in [5.74, 6) is 0. The zero-order valence-corrected chi connectivity index (χ0v) is 10.4. The Morgan fingerprint density at radius 2 is 1.54 bits per heavy atom. The van der Waals surface area contributed by atoms with Gasteiger partial charge in [0.15, 0.2) is 0 Å². The number of benzene rings is 1. The van der Waals surface area contributed by atoms with Gasteiger partial charge >= 0.3 is 0 Å². The van der Waals surface area contributed by atoms with Crippen molar-refractivity contribution in [3.05, 3.63) is 35.9 Å². The van der Waals surface area contributed by atoms with Crippen LogP contribution in [0.15, 0.2) is 30.3 Å². The largest absolute Gasteiger partial charge is 0.147 e. The lowest BCUT2D eigenvalue weighted by molar-refractivity contribution is 0.401. The van der Waals surface area contributed by atoms with Gasteiger partial charge in [-0.1, -0.05) is 51.1 Å². The SMILES string of the molecule is CC(C)(C)C(P)c1ccccc1.Cl. The second-order valence-corrected chi connectivity index (χ2v) is 4.92. The first-order chi connectivity index (χ1) is 5.52. The second-order valence-electron chi connectivity index (χ2n) is 4.25. The third-order valence-electron chi connectivity index (χ3n) is 2.09. The molecule has 0 radical (unpaired) electrons. The summed E-state index contributed by atoms with van der Waals surface area (Å²) in [6.07, 6.45) is 0. The first kappa shape index (κ1) is 12.9. The summed E-state index contributed by atoms with van der Waals surface area (Å²) >= 11 is 0. The molecule has 0 N–H and O–H groups in total. The zero-order chi connectivity index (χ0) is 9.19. The smallest absolute Gasteiger partial charge is 0.00338 e. The van der Waals surface area contributed by atoms with E-state index in [0.29, 0.717) is 11.1 Å². The Balaban J connectivity index is 0.00000144. The summed E-state index contributed by atoms with van der Waals surface area (Å²) in [5.41, 5.74) is 2.26. The van der Waals surface area contributed by atoms with E-state index in [4.69, 9.17) is 0 Å². The molecular weight excluding hydrogens is 199 g/mol. The minimum Gasteiger partial charge on any atom is -0.147 e. The summed E-state index contributed by atoms with van der Waals surface area (Å²) in [6.45, 7) is 6.78. The Morgan fingerprint density at radius 3 is 1.92 bits per heavy atom. The fourth-order valence-electron chi connectivity index (χ4n) is 1.16. The molecule has 13 heavy (non-hydrogen) atoms. The highest BCUT2D eigenvalue weighted by Crippen LogP contribution is 2.39. The molecule has 0 aliphatic rings. The van der Waals surface area contributed by atoms with E-state index in [2.05, 4.69) is 60.3 Å². The van der Waals surface area contributed by atoms with Gasteiger partial charge in [0.2, 0.25) is 0 Å². The van der Waals surface area contributed by atoms with Crippen LogP contribution in [0.1, 0.15) is 32.0 Å². The van der Waals surface area contributed by atoms with Gasteiger partial charge in [0.1, 0.15) is 0 Å². The fraction of sp³-hybridized carbons (Fsp3) is 0.455. The highest BCUT2D eigenvalue weighted by atomic mass is 35.5. The van der Waals surface area contributed by atoms with Gasteiger partial charge in [-0.3, -0.25) is 0 Å². The van der Waals surface area contributed by atoms with Gasteiger partial charge in [-0.05, 0) is 11.0 Å². The van der Waals surface area contributed by atoms with E-state index in [1.165, 1.54) is 5.56 Å². The van der Waals surface area contributed by atoms with Gasteiger partial charge in [0, 0.05) is 5.66 Å². The van der Waals surface area contributed by atoms with Crippen LogP contribution in [0.5, 0.6) is 0 Å². The van der Waals surface area contributed by atoms with Crippen LogP contribution in [0, 0.1) is 5.41 Å². The highest BCUT2D eigenvalue weighted by molar-refractivity contribution is 7.17. The zero-order valence-electron chi connectivity index (χ0n) is 8.45. The Morgan fingerprint density at radius 1 is 1.08 bits per heavy atom. The van der Waals surface area contributed by atoms with Crippen LogP contribution < -0.4 is 0 Å². The summed E-state index contributed by atoms with van der Waals surface area (Å²) in [4.78, 5) is 0. The van der Waals surface area contributed by atoms with Crippen LogP contribution in [0.4, 0.5) is 0 Å². The van der Waals surface area contributed by atoms with Crippen LogP contribution in [-0.2, 0) is 0 Å². The highest BCUT2D eigenvalue weighted by Gasteiger charge is 2.21. The molecule has 1 aromatic carbocycles. The Labute approximate surface area is 89.7 Å². The summed E-state index contributed by atoms with van der Waals surface area (Å²) in [5, 5.41) is 0. The monoisotopic (exact) mass is 216 g/mol. The average molecular weight is 217 g/mol. The maximum absolute atomic E-state index is 2.92. The van der Waals surface area contributed by atoms with Crippen molar-refractivity contribution in [3.63, 3.8) is 0 Å². The van der Waals surface area contributed by atoms with Crippen molar-refractivity contribution >= 4 is 21.6 Å². The van der Waals surface area contributed by atoms with Crippen molar-refractivity contribution in [1.29, 1.82) is 0 Å². The third-order valence-corrected chi connectivity index (χ3v) is 3.48. The van der Waals surface area contributed by atoms with E-state index in [1.807, 2.05) is 0 Å². The van der Waals surface area contributed by atoms with Gasteiger partial charge in [0.05, 0.1) is 0 Å². The normalized spacial score (nSPS) is 13.2. The number of rotatable bonds is 1. The van der Waals surface area contributed by atoms with Crippen molar-refractivity contribution in [3.8, 4) is 0 Å². The summed E-state index contributed by atoms with van der Waals surface area (Å²) in [7, 11) is 2.92. The predicted molar refractivity (Wildman–Crippen MR) is 65.6 cm³/mol. The van der Waals surface area contributed by atoms with Gasteiger partial charge in [-0.25, -0.2) is 0 Å². The molecule has 0 spiro atoms. The lowest BCUT2D eigenvalue weighted by Gasteiger charge is -2.27. The molecule has 2 unspecified atom stereocenters. The van der Waals surface area contributed by atoms with Crippen LogP contribution >= 0.6 is 21.6 Å². The molecule has 0 fully saturated rings. The molecule has 0 aliphatic carbocycles. The van der Waals surface area contributed by atoms with Gasteiger partial charge in [-0.2, -0.15) is 0 Å². The molecule has 1 aromatic rings. The Kier molecular flexibility index (Phi) is 4.96. The molecule has 2 atom stereocenters. The molecule has 0 heterocycles. The molecule has 0 nitrogen and oxygen atoms in total. The predicted octanol–water partition coefficient (Wildman–Crippen LogP) is 4.07. The molecule has 0 aromatic heterocycles. The molecule has 0 saturated carbocycles. The molecule has 0 aliphatic heterocycles. The van der Waals surface area contributed by atoms with E-state index in [0.717, 1.165) is 0 Å². The number of halogens is 1. The van der Waals surface area contributed by atoms with Gasteiger partial charge in [0.25, 0.3) is 0 Å². The topological polar surface area (TPSA) is 0 Å². The minimum atomic E-state index is 0. The van der Waals surface area contributed by atoms with E-state index in [9.17, 15) is 0 Å². The molecule has 74 valence electrons. The van der Waals surface area contributed by atoms with Gasteiger partial charge < -0.3 is 0 Å². The summed E-state index contributed by atoms with van der Waals surface area (Å²) in [6, 6.07) is 10.6. The van der Waals surface area contributed by atoms with Crippen LogP contribution in [0.25, 0.3) is 0 Å². The van der Waals surface area contributed by atoms with E-state index in [1.54, 1.807) is 0 Å². The maximum atomic E-state index is 2.92. The molecule has 1 rings (SSSR count). The second kappa shape index (κ2) is 4.98. The van der Waals surface area contributed by atoms with E-state index < -0.39 is 0 Å². The van der Waals surface area contributed by atoms with Crippen molar-refractivity contribution in [2.24, 2.45) is 5.41 Å². The number of hydrogen-bond donors (Lipinski definition) is 0.